The van der Waals surface area contributed by atoms with Gasteiger partial charge in [0.25, 0.3) is 0 Å². The Labute approximate surface area is 82.6 Å². The van der Waals surface area contributed by atoms with Gasteiger partial charge in [0, 0.05) is 6.04 Å². The van der Waals surface area contributed by atoms with Crippen molar-refractivity contribution in [2.45, 2.75) is 31.7 Å². The van der Waals surface area contributed by atoms with Crippen LogP contribution in [0.25, 0.3) is 0 Å². The molecule has 0 unspecified atom stereocenters. The second-order valence-corrected chi connectivity index (χ2v) is 12.0. The maximum absolute atomic E-state index is 5.80. The standard InChI is InChI=1S/C7H11Cl3Si/c8-11(9,10)6-7-4-2-1-3-5-7/h4H,1-3,5-6H2. The van der Waals surface area contributed by atoms with Crippen molar-refractivity contribution in [3.05, 3.63) is 11.6 Å². The summed E-state index contributed by atoms with van der Waals surface area (Å²) in [5.41, 5.74) is 1.36. The van der Waals surface area contributed by atoms with E-state index >= 15 is 0 Å². The van der Waals surface area contributed by atoms with Gasteiger partial charge < -0.3 is 0 Å². The van der Waals surface area contributed by atoms with Crippen molar-refractivity contribution in [3.63, 3.8) is 0 Å². The normalized spacial score (nSPS) is 19.7. The number of rotatable bonds is 2. The Hall–Kier alpha value is 0.827. The fraction of sp³-hybridized carbons (Fsp3) is 0.714. The molecule has 0 N–H and O–H groups in total. The summed E-state index contributed by atoms with van der Waals surface area (Å²) in [6, 6.07) is -1.66. The predicted molar refractivity (Wildman–Crippen MR) is 54.7 cm³/mol. The van der Waals surface area contributed by atoms with E-state index in [0.717, 1.165) is 12.5 Å². The lowest BCUT2D eigenvalue weighted by atomic mass is 10.0. The van der Waals surface area contributed by atoms with E-state index in [1.165, 1.54) is 24.8 Å². The Kier molecular flexibility index (Phi) is 3.76. The maximum Gasteiger partial charge on any atom is 0.345 e. The van der Waals surface area contributed by atoms with Crippen LogP contribution in [0.4, 0.5) is 0 Å². The zero-order valence-electron chi connectivity index (χ0n) is 6.25. The highest BCUT2D eigenvalue weighted by atomic mass is 35.8. The van der Waals surface area contributed by atoms with Crippen LogP contribution in [0.2, 0.25) is 6.04 Å². The summed E-state index contributed by atoms with van der Waals surface area (Å²) in [5, 5.41) is 0. The van der Waals surface area contributed by atoms with Gasteiger partial charge in [0.05, 0.1) is 0 Å². The highest BCUT2D eigenvalue weighted by Gasteiger charge is 2.26. The third-order valence-corrected chi connectivity index (χ3v) is 3.87. The first kappa shape index (κ1) is 9.91. The summed E-state index contributed by atoms with van der Waals surface area (Å²) in [5.74, 6) is 0. The summed E-state index contributed by atoms with van der Waals surface area (Å²) in [7, 11) is 0. The largest absolute Gasteiger partial charge is 0.345 e. The van der Waals surface area contributed by atoms with Crippen molar-refractivity contribution >= 4 is 39.2 Å². The van der Waals surface area contributed by atoms with Crippen molar-refractivity contribution in [2.24, 2.45) is 0 Å². The van der Waals surface area contributed by atoms with E-state index in [4.69, 9.17) is 33.2 Å². The van der Waals surface area contributed by atoms with E-state index in [0.29, 0.717) is 0 Å². The summed E-state index contributed by atoms with van der Waals surface area (Å²) in [4.78, 5) is 0. The van der Waals surface area contributed by atoms with Crippen LogP contribution in [0.15, 0.2) is 11.6 Å². The van der Waals surface area contributed by atoms with Crippen LogP contribution in [0.1, 0.15) is 25.7 Å². The summed E-state index contributed by atoms with van der Waals surface area (Å²) in [6.45, 7) is 0. The summed E-state index contributed by atoms with van der Waals surface area (Å²) >= 11 is 17.4. The van der Waals surface area contributed by atoms with Gasteiger partial charge in [-0.25, -0.2) is 0 Å². The van der Waals surface area contributed by atoms with Gasteiger partial charge in [-0.3, -0.25) is 0 Å². The highest BCUT2D eigenvalue weighted by Crippen LogP contribution is 2.32. The molecule has 0 aliphatic heterocycles. The van der Waals surface area contributed by atoms with Crippen LogP contribution in [0, 0.1) is 0 Å². The van der Waals surface area contributed by atoms with Gasteiger partial charge >= 0.3 is 6.00 Å². The molecule has 64 valence electrons. The molecule has 0 heterocycles. The van der Waals surface area contributed by atoms with Gasteiger partial charge in [0.15, 0.2) is 0 Å². The van der Waals surface area contributed by atoms with Gasteiger partial charge in [0.2, 0.25) is 0 Å². The first-order valence-corrected chi connectivity index (χ1v) is 9.07. The lowest BCUT2D eigenvalue weighted by molar-refractivity contribution is 0.701. The van der Waals surface area contributed by atoms with Crippen LogP contribution >= 0.6 is 33.2 Å². The van der Waals surface area contributed by atoms with Crippen molar-refractivity contribution in [1.29, 1.82) is 0 Å². The monoisotopic (exact) mass is 228 g/mol. The molecule has 1 rings (SSSR count). The zero-order chi connectivity index (χ0) is 8.32. The molecule has 0 saturated carbocycles. The quantitative estimate of drug-likeness (QED) is 0.379. The molecule has 0 aromatic rings. The molecule has 0 atom stereocenters. The molecule has 0 radical (unpaired) electrons. The van der Waals surface area contributed by atoms with Gasteiger partial charge in [-0.1, -0.05) is 11.6 Å². The zero-order valence-corrected chi connectivity index (χ0v) is 9.51. The van der Waals surface area contributed by atoms with E-state index in [2.05, 4.69) is 6.08 Å². The Balaban J connectivity index is 2.42. The smallest absolute Gasteiger partial charge is 0.126 e. The van der Waals surface area contributed by atoms with Crippen molar-refractivity contribution < 1.29 is 0 Å². The molecule has 0 bridgehead atoms. The molecule has 0 spiro atoms. The van der Waals surface area contributed by atoms with E-state index in [9.17, 15) is 0 Å². The van der Waals surface area contributed by atoms with Crippen LogP contribution in [0.3, 0.4) is 0 Å². The van der Waals surface area contributed by atoms with Gasteiger partial charge in [0.1, 0.15) is 0 Å². The van der Waals surface area contributed by atoms with E-state index in [-0.39, 0.29) is 0 Å². The minimum Gasteiger partial charge on any atom is -0.126 e. The minimum absolute atomic E-state index is 0.734. The molecule has 1 aliphatic rings. The first-order valence-electron chi connectivity index (χ1n) is 3.82. The number of allylic oxidation sites excluding steroid dienone is 2. The number of halogens is 3. The summed E-state index contributed by atoms with van der Waals surface area (Å²) in [6.07, 6.45) is 7.11. The van der Waals surface area contributed by atoms with Crippen molar-refractivity contribution in [2.75, 3.05) is 0 Å². The second kappa shape index (κ2) is 4.17. The van der Waals surface area contributed by atoms with Crippen LogP contribution < -0.4 is 0 Å². The topological polar surface area (TPSA) is 0 Å². The molecule has 0 fully saturated rings. The number of hydrogen-bond acceptors (Lipinski definition) is 0. The molecule has 0 aromatic carbocycles. The third-order valence-electron chi connectivity index (χ3n) is 1.81. The average molecular weight is 230 g/mol. The van der Waals surface area contributed by atoms with Crippen LogP contribution in [-0.2, 0) is 0 Å². The molecule has 0 saturated heterocycles. The van der Waals surface area contributed by atoms with Gasteiger partial charge in [-0.15, -0.1) is 33.2 Å². The molecule has 1 aliphatic carbocycles. The molecule has 0 nitrogen and oxygen atoms in total. The lowest BCUT2D eigenvalue weighted by Gasteiger charge is -2.15. The van der Waals surface area contributed by atoms with Gasteiger partial charge in [-0.2, -0.15) is 0 Å². The highest BCUT2D eigenvalue weighted by molar-refractivity contribution is 7.64. The Bertz CT molecular complexity index is 160. The van der Waals surface area contributed by atoms with Crippen molar-refractivity contribution in [3.8, 4) is 0 Å². The molecule has 4 heteroatoms. The minimum atomic E-state index is -2.40. The fourth-order valence-electron chi connectivity index (χ4n) is 1.32. The van der Waals surface area contributed by atoms with E-state index in [1.54, 1.807) is 0 Å². The molecule has 0 amide bonds. The SMILES string of the molecule is Cl[Si](Cl)(Cl)CC1=CCCCC1. The first-order chi connectivity index (χ1) is 5.08. The third kappa shape index (κ3) is 4.41. The maximum atomic E-state index is 5.80. The van der Waals surface area contributed by atoms with Crippen LogP contribution in [0.5, 0.6) is 0 Å². The average Bonchev–Trinajstić information content (AvgIpc) is 1.85. The molecule has 0 aromatic heterocycles. The Morgan fingerprint density at radius 1 is 1.27 bits per heavy atom. The number of hydrogen-bond donors (Lipinski definition) is 0. The lowest BCUT2D eigenvalue weighted by Crippen LogP contribution is -2.10. The molecular formula is C7H11Cl3Si. The fourth-order valence-corrected chi connectivity index (χ4v) is 3.70. The second-order valence-electron chi connectivity index (χ2n) is 2.90. The van der Waals surface area contributed by atoms with E-state index in [1.807, 2.05) is 0 Å². The van der Waals surface area contributed by atoms with Crippen LogP contribution in [-0.4, -0.2) is 6.00 Å². The van der Waals surface area contributed by atoms with Crippen molar-refractivity contribution in [1.82, 2.24) is 0 Å². The van der Waals surface area contributed by atoms with Gasteiger partial charge in [-0.05, 0) is 25.7 Å². The summed E-state index contributed by atoms with van der Waals surface area (Å²) < 4.78 is 0. The Morgan fingerprint density at radius 3 is 2.45 bits per heavy atom. The van der Waals surface area contributed by atoms with E-state index < -0.39 is 6.00 Å². The molecule has 11 heavy (non-hydrogen) atoms. The predicted octanol–water partition coefficient (Wildman–Crippen LogP) is 4.14. The Morgan fingerprint density at radius 2 is 2.00 bits per heavy atom. The molecular weight excluding hydrogens is 219 g/mol.